The molecule has 2 amide bonds. The van der Waals surface area contributed by atoms with Crippen molar-refractivity contribution < 1.29 is 29.0 Å². The van der Waals surface area contributed by atoms with Gasteiger partial charge in [-0.15, -0.1) is 34.9 Å². The van der Waals surface area contributed by atoms with Crippen LogP contribution in [0.15, 0.2) is 51.2 Å². The third-order valence-corrected chi connectivity index (χ3v) is 8.37. The number of pyridine rings is 1. The summed E-state index contributed by atoms with van der Waals surface area (Å²) in [5.74, 6) is -1.87. The average Bonchev–Trinajstić information content (AvgIpc) is 3.31. The summed E-state index contributed by atoms with van der Waals surface area (Å²) in [6, 6.07) is 2.87. The number of aromatic nitrogens is 2. The molecule has 12 nitrogen and oxygen atoms in total. The Morgan fingerprint density at radius 1 is 1.42 bits per heavy atom. The predicted molar refractivity (Wildman–Crippen MR) is 134 cm³/mol. The first-order valence-corrected chi connectivity index (χ1v) is 13.7. The van der Waals surface area contributed by atoms with E-state index in [1.165, 1.54) is 28.4 Å². The van der Waals surface area contributed by atoms with Gasteiger partial charge in [0, 0.05) is 33.9 Å². The maximum Gasteiger partial charge on any atom is 0.276 e. The van der Waals surface area contributed by atoms with Crippen molar-refractivity contribution in [2.45, 2.75) is 23.2 Å². The third kappa shape index (κ3) is 5.27. The van der Waals surface area contributed by atoms with Gasteiger partial charge in [-0.2, -0.15) is 5.43 Å². The summed E-state index contributed by atoms with van der Waals surface area (Å²) >= 11 is 3.97. The van der Waals surface area contributed by atoms with Crippen LogP contribution in [0.25, 0.3) is 0 Å². The molecule has 0 aromatic carbocycles. The number of nitrogens with one attached hydrogen (secondary N) is 2. The molecule has 2 aromatic heterocycles. The molecule has 1 saturated heterocycles. The van der Waals surface area contributed by atoms with Gasteiger partial charge in [-0.25, -0.2) is 4.98 Å². The van der Waals surface area contributed by atoms with E-state index in [2.05, 4.69) is 20.9 Å². The average molecular weight is 550 g/mol. The molecule has 1 fully saturated rings. The molecule has 4 rings (SSSR count). The number of thioether (sulfide) groups is 2. The van der Waals surface area contributed by atoms with Gasteiger partial charge in [-0.1, -0.05) is 9.83 Å². The highest BCUT2D eigenvalue weighted by atomic mass is 32.2. The quantitative estimate of drug-likeness (QED) is 0.111. The molecule has 0 radical (unpaired) electrons. The molecule has 0 saturated carbocycles. The fraction of sp³-hybridized carbons (Fsp3) is 0.333. The molecule has 190 valence electrons. The highest BCUT2D eigenvalue weighted by molar-refractivity contribution is 8.01. The van der Waals surface area contributed by atoms with E-state index >= 15 is 0 Å². The molecule has 36 heavy (non-hydrogen) atoms. The van der Waals surface area contributed by atoms with E-state index in [9.17, 15) is 19.5 Å². The molecule has 2 aromatic rings. The van der Waals surface area contributed by atoms with Crippen molar-refractivity contribution in [3.63, 3.8) is 0 Å². The van der Waals surface area contributed by atoms with E-state index in [1.807, 2.05) is 24.5 Å². The minimum atomic E-state index is -1.42. The van der Waals surface area contributed by atoms with Crippen LogP contribution in [0.4, 0.5) is 5.13 Å². The van der Waals surface area contributed by atoms with Crippen LogP contribution in [-0.2, 0) is 19.2 Å². The van der Waals surface area contributed by atoms with E-state index < -0.39 is 29.2 Å². The summed E-state index contributed by atoms with van der Waals surface area (Å²) in [4.78, 5) is 49.1. The largest absolute Gasteiger partial charge is 0.543 e. The van der Waals surface area contributed by atoms with Crippen LogP contribution in [0.1, 0.15) is 12.6 Å². The number of nitrogen functional groups attached to an aromatic ring is 1. The summed E-state index contributed by atoms with van der Waals surface area (Å²) in [6.07, 6.45) is 3.69. The normalized spacial score (nSPS) is 19.4. The Hall–Kier alpha value is -3.30. The second-order valence-electron chi connectivity index (χ2n) is 7.48. The first-order valence-electron chi connectivity index (χ1n) is 10.8. The number of β-lactam (4-membered cyclic amide) rings is 1. The number of rotatable bonds is 10. The Morgan fingerprint density at radius 2 is 2.17 bits per heavy atom. The molecule has 0 aliphatic carbocycles. The van der Waals surface area contributed by atoms with Crippen LogP contribution in [0.2, 0.25) is 0 Å². The number of hydrogen-bond donors (Lipinski definition) is 3. The molecule has 2 aliphatic heterocycles. The Labute approximate surface area is 218 Å². The van der Waals surface area contributed by atoms with Gasteiger partial charge < -0.3 is 25.8 Å². The summed E-state index contributed by atoms with van der Waals surface area (Å²) in [7, 11) is 1.79. The Kier molecular flexibility index (Phi) is 8.01. The zero-order chi connectivity index (χ0) is 25.8. The topological polar surface area (TPSA) is 166 Å². The van der Waals surface area contributed by atoms with Crippen molar-refractivity contribution in [3.8, 4) is 0 Å². The monoisotopic (exact) mass is 549 g/mol. The number of amides is 2. The first-order chi connectivity index (χ1) is 17.3. The van der Waals surface area contributed by atoms with Crippen LogP contribution in [0.5, 0.6) is 0 Å². The summed E-state index contributed by atoms with van der Waals surface area (Å²) < 4.78 is 1.78. The van der Waals surface area contributed by atoms with Gasteiger partial charge in [0.25, 0.3) is 11.8 Å². The van der Waals surface area contributed by atoms with E-state index in [0.717, 1.165) is 16.2 Å². The molecule has 2 aliphatic rings. The Morgan fingerprint density at radius 3 is 2.78 bits per heavy atom. The number of thiazole rings is 1. The number of oxime groups is 1. The van der Waals surface area contributed by atoms with Crippen molar-refractivity contribution in [1.29, 1.82) is 0 Å². The number of carbonyl (C=O) groups is 3. The van der Waals surface area contributed by atoms with Crippen LogP contribution in [0, 0.1) is 0 Å². The number of carbonyl (C=O) groups excluding carboxylic acids is 3. The number of carboxylic acids is 1. The number of nitrogens with zero attached hydrogens (tertiary/aromatic N) is 4. The minimum Gasteiger partial charge on any atom is -0.543 e. The second kappa shape index (κ2) is 11.2. The maximum absolute atomic E-state index is 13.0. The lowest BCUT2D eigenvalue weighted by atomic mass is 10.0. The van der Waals surface area contributed by atoms with Gasteiger partial charge in [-0.05, 0) is 12.5 Å². The zero-order valence-electron chi connectivity index (χ0n) is 19.3. The molecule has 0 unspecified atom stereocenters. The van der Waals surface area contributed by atoms with Crippen LogP contribution in [0.3, 0.4) is 0 Å². The number of carboxylic acid groups (broad SMARTS) is 1. The van der Waals surface area contributed by atoms with Crippen LogP contribution in [-0.4, -0.2) is 70.0 Å². The van der Waals surface area contributed by atoms with Gasteiger partial charge in [0.05, 0.1) is 18.7 Å². The number of anilines is 1. The number of nitrogens with two attached hydrogens (primary N) is 1. The Bertz CT molecular complexity index is 1230. The lowest BCUT2D eigenvalue weighted by molar-refractivity contribution is -0.647. The van der Waals surface area contributed by atoms with E-state index in [1.54, 1.807) is 24.0 Å². The molecule has 0 spiro atoms. The maximum atomic E-state index is 13.0. The smallest absolute Gasteiger partial charge is 0.276 e. The minimum absolute atomic E-state index is 0.118. The first kappa shape index (κ1) is 25.8. The molecular weight excluding hydrogens is 526 g/mol. The number of aliphatic carboxylic acids is 1. The lowest BCUT2D eigenvalue weighted by Crippen LogP contribution is -2.71. The second-order valence-corrected chi connectivity index (χ2v) is 10.5. The summed E-state index contributed by atoms with van der Waals surface area (Å²) in [5.41, 5.74) is 9.18. The highest BCUT2D eigenvalue weighted by Crippen LogP contribution is 2.41. The summed E-state index contributed by atoms with van der Waals surface area (Å²) in [5, 5.41) is 19.7. The Balaban J connectivity index is 1.47. The number of fused-ring (bicyclic) bond motifs is 1. The fourth-order valence-corrected chi connectivity index (χ4v) is 6.47. The van der Waals surface area contributed by atoms with E-state index in [-0.39, 0.29) is 28.8 Å². The zero-order valence-corrected chi connectivity index (χ0v) is 21.7. The molecule has 4 heterocycles. The van der Waals surface area contributed by atoms with Crippen molar-refractivity contribution >= 4 is 63.5 Å². The lowest BCUT2D eigenvalue weighted by Gasteiger charge is -2.50. The third-order valence-electron chi connectivity index (χ3n) is 5.26. The van der Waals surface area contributed by atoms with Crippen LogP contribution < -0.4 is 26.3 Å². The molecular formula is C21H23N7O5S3. The SMILES string of the molecule is CCO/N=C(\C(=O)N[C@@H]1C(=O)N2C(C(=O)[O-])=C(CSc3cc[n+](NC)cc3)CS[C@H]12)c1csc(N)n1. The molecule has 0 bridgehead atoms. The van der Waals surface area contributed by atoms with Gasteiger partial charge in [0.2, 0.25) is 12.4 Å². The molecule has 2 atom stereocenters. The van der Waals surface area contributed by atoms with E-state index in [4.69, 9.17) is 10.6 Å². The van der Waals surface area contributed by atoms with Crippen molar-refractivity contribution in [2.24, 2.45) is 5.16 Å². The van der Waals surface area contributed by atoms with Crippen molar-refractivity contribution in [2.75, 3.05) is 36.3 Å². The number of hydrogen-bond acceptors (Lipinski definition) is 12. The van der Waals surface area contributed by atoms with Gasteiger partial charge >= 0.3 is 0 Å². The van der Waals surface area contributed by atoms with Crippen molar-refractivity contribution in [1.82, 2.24) is 15.2 Å². The molecule has 4 N–H and O–H groups in total. The van der Waals surface area contributed by atoms with Crippen LogP contribution >= 0.6 is 34.9 Å². The van der Waals surface area contributed by atoms with Gasteiger partial charge in [0.15, 0.2) is 10.8 Å². The summed E-state index contributed by atoms with van der Waals surface area (Å²) in [6.45, 7) is 1.94. The van der Waals surface area contributed by atoms with Gasteiger partial charge in [-0.3, -0.25) is 14.5 Å². The fourth-order valence-electron chi connectivity index (χ4n) is 3.55. The van der Waals surface area contributed by atoms with Gasteiger partial charge in [0.1, 0.15) is 23.7 Å². The highest BCUT2D eigenvalue weighted by Gasteiger charge is 2.53. The molecule has 15 heteroatoms. The van der Waals surface area contributed by atoms with Crippen molar-refractivity contribution in [3.05, 3.63) is 46.9 Å². The standard InChI is InChI=1S/C21H23N7O5S3/c1-3-33-26-14(13-10-36-21(22)24-13)17(29)25-15-18(30)28-16(20(31)32)11(9-35-19(15)28)8-34-12-4-6-27(23-2)7-5-12/h4-7,10,15,19,23H,3,8-9H2,1-2H3,(H3-,22,24,25,29,31,32)/b26-14-/t15-,19-/m1/s1. The predicted octanol–water partition coefficient (Wildman–Crippen LogP) is -0.877. The van der Waals surface area contributed by atoms with E-state index in [0.29, 0.717) is 17.1 Å².